The van der Waals surface area contributed by atoms with E-state index in [1.807, 2.05) is 0 Å². The van der Waals surface area contributed by atoms with Crippen molar-refractivity contribution < 1.29 is 0 Å². The van der Waals surface area contributed by atoms with Gasteiger partial charge in [0.25, 0.3) is 0 Å². The minimum Gasteiger partial charge on any atom is -0.316 e. The van der Waals surface area contributed by atoms with Crippen LogP contribution in [0.2, 0.25) is 0 Å². The van der Waals surface area contributed by atoms with Crippen LogP contribution < -0.4 is 5.32 Å². The van der Waals surface area contributed by atoms with E-state index in [1.165, 1.54) is 19.5 Å². The number of nitrogens with one attached hydrogen (secondary N) is 1. The molecule has 1 N–H and O–H groups in total. The molecule has 0 aromatic heterocycles. The molecule has 1 aliphatic heterocycles. The van der Waals surface area contributed by atoms with Crippen LogP contribution in [0.25, 0.3) is 0 Å². The maximum Gasteiger partial charge on any atom is -0.00178 e. The summed E-state index contributed by atoms with van der Waals surface area (Å²) in [5.74, 6) is 2.67. The molecule has 10 heavy (non-hydrogen) atoms. The molecule has 0 saturated carbocycles. The predicted molar refractivity (Wildman–Crippen MR) is 45.0 cm³/mol. The summed E-state index contributed by atoms with van der Waals surface area (Å²) in [5.41, 5.74) is 0. The topological polar surface area (TPSA) is 12.0 Å². The SMILES string of the molecule is CC(C)[C@H]1CNC[C@H](C)C1. The lowest BCUT2D eigenvalue weighted by Gasteiger charge is -2.30. The van der Waals surface area contributed by atoms with Gasteiger partial charge >= 0.3 is 0 Å². The van der Waals surface area contributed by atoms with Crippen LogP contribution >= 0.6 is 0 Å². The number of hydrogen-bond donors (Lipinski definition) is 1. The summed E-state index contributed by atoms with van der Waals surface area (Å²) in [6, 6.07) is 0. The maximum atomic E-state index is 3.47. The second kappa shape index (κ2) is 3.38. The van der Waals surface area contributed by atoms with Crippen LogP contribution in [0.5, 0.6) is 0 Å². The molecule has 2 atom stereocenters. The van der Waals surface area contributed by atoms with Gasteiger partial charge in [-0.2, -0.15) is 0 Å². The highest BCUT2D eigenvalue weighted by atomic mass is 14.9. The zero-order valence-corrected chi connectivity index (χ0v) is 7.35. The molecule has 1 heterocycles. The van der Waals surface area contributed by atoms with Gasteiger partial charge in [0.05, 0.1) is 0 Å². The second-order valence-corrected chi connectivity index (χ2v) is 4.00. The first-order valence-electron chi connectivity index (χ1n) is 4.41. The van der Waals surface area contributed by atoms with Crippen LogP contribution in [-0.4, -0.2) is 13.1 Å². The van der Waals surface area contributed by atoms with Crippen molar-refractivity contribution in [3.8, 4) is 0 Å². The lowest BCUT2D eigenvalue weighted by atomic mass is 9.84. The lowest BCUT2D eigenvalue weighted by Crippen LogP contribution is -2.37. The van der Waals surface area contributed by atoms with Crippen LogP contribution in [0, 0.1) is 17.8 Å². The van der Waals surface area contributed by atoms with Crippen LogP contribution in [0.3, 0.4) is 0 Å². The van der Waals surface area contributed by atoms with Gasteiger partial charge in [0, 0.05) is 0 Å². The van der Waals surface area contributed by atoms with Crippen molar-refractivity contribution in [1.82, 2.24) is 5.32 Å². The molecule has 60 valence electrons. The third kappa shape index (κ3) is 1.98. The molecule has 1 nitrogen and oxygen atoms in total. The van der Waals surface area contributed by atoms with Crippen LogP contribution in [-0.2, 0) is 0 Å². The average molecular weight is 141 g/mol. The molecule has 1 aliphatic rings. The first-order valence-corrected chi connectivity index (χ1v) is 4.41. The third-order valence-corrected chi connectivity index (χ3v) is 2.55. The molecule has 1 saturated heterocycles. The summed E-state index contributed by atoms with van der Waals surface area (Å²) < 4.78 is 0. The van der Waals surface area contributed by atoms with Gasteiger partial charge in [0.2, 0.25) is 0 Å². The van der Waals surface area contributed by atoms with E-state index in [1.54, 1.807) is 0 Å². The zero-order chi connectivity index (χ0) is 7.56. The number of piperidine rings is 1. The van der Waals surface area contributed by atoms with E-state index >= 15 is 0 Å². The van der Waals surface area contributed by atoms with Crippen molar-refractivity contribution in [3.05, 3.63) is 0 Å². The summed E-state index contributed by atoms with van der Waals surface area (Å²) in [6.45, 7) is 9.45. The van der Waals surface area contributed by atoms with E-state index in [9.17, 15) is 0 Å². The van der Waals surface area contributed by atoms with Gasteiger partial charge in [0.1, 0.15) is 0 Å². The van der Waals surface area contributed by atoms with Gasteiger partial charge in [-0.05, 0) is 37.3 Å². The molecule has 1 rings (SSSR count). The van der Waals surface area contributed by atoms with E-state index in [4.69, 9.17) is 0 Å². The Morgan fingerprint density at radius 3 is 2.40 bits per heavy atom. The molecule has 0 radical (unpaired) electrons. The van der Waals surface area contributed by atoms with Gasteiger partial charge in [-0.3, -0.25) is 0 Å². The van der Waals surface area contributed by atoms with Crippen molar-refractivity contribution in [2.24, 2.45) is 17.8 Å². The lowest BCUT2D eigenvalue weighted by molar-refractivity contribution is 0.244. The fraction of sp³-hybridized carbons (Fsp3) is 1.00. The Labute approximate surface area is 64.2 Å². The van der Waals surface area contributed by atoms with Crippen molar-refractivity contribution in [1.29, 1.82) is 0 Å². The Morgan fingerprint density at radius 2 is 2.00 bits per heavy atom. The highest BCUT2D eigenvalue weighted by Gasteiger charge is 2.20. The van der Waals surface area contributed by atoms with E-state index < -0.39 is 0 Å². The van der Waals surface area contributed by atoms with E-state index in [-0.39, 0.29) is 0 Å². The Kier molecular flexibility index (Phi) is 2.72. The first-order chi connectivity index (χ1) is 4.70. The molecular formula is C9H19N. The standard InChI is InChI=1S/C9H19N/c1-7(2)9-4-8(3)5-10-6-9/h7-10H,4-6H2,1-3H3/t8-,9-/m1/s1. The smallest absolute Gasteiger partial charge is 0.00178 e. The quantitative estimate of drug-likeness (QED) is 0.588. The van der Waals surface area contributed by atoms with E-state index in [0.717, 1.165) is 17.8 Å². The summed E-state index contributed by atoms with van der Waals surface area (Å²) in [4.78, 5) is 0. The Morgan fingerprint density at radius 1 is 1.30 bits per heavy atom. The molecule has 0 aromatic carbocycles. The second-order valence-electron chi connectivity index (χ2n) is 4.00. The molecule has 1 heteroatoms. The number of rotatable bonds is 1. The van der Waals surface area contributed by atoms with Crippen molar-refractivity contribution in [3.63, 3.8) is 0 Å². The van der Waals surface area contributed by atoms with Crippen molar-refractivity contribution >= 4 is 0 Å². The predicted octanol–water partition coefficient (Wildman–Crippen LogP) is 1.89. The van der Waals surface area contributed by atoms with E-state index in [0.29, 0.717) is 0 Å². The van der Waals surface area contributed by atoms with Gasteiger partial charge < -0.3 is 5.32 Å². The minimum absolute atomic E-state index is 0.857. The van der Waals surface area contributed by atoms with Gasteiger partial charge in [-0.25, -0.2) is 0 Å². The molecule has 0 amide bonds. The summed E-state index contributed by atoms with van der Waals surface area (Å²) >= 11 is 0. The monoisotopic (exact) mass is 141 g/mol. The molecule has 0 unspecified atom stereocenters. The Hall–Kier alpha value is -0.0400. The fourth-order valence-corrected chi connectivity index (χ4v) is 1.71. The first kappa shape index (κ1) is 8.06. The van der Waals surface area contributed by atoms with Crippen LogP contribution in [0.4, 0.5) is 0 Å². The summed E-state index contributed by atoms with van der Waals surface area (Å²) in [7, 11) is 0. The van der Waals surface area contributed by atoms with Gasteiger partial charge in [0.15, 0.2) is 0 Å². The third-order valence-electron chi connectivity index (χ3n) is 2.55. The van der Waals surface area contributed by atoms with Crippen LogP contribution in [0.1, 0.15) is 27.2 Å². The van der Waals surface area contributed by atoms with E-state index in [2.05, 4.69) is 26.1 Å². The Bertz CT molecular complexity index is 98.9. The number of hydrogen-bond acceptors (Lipinski definition) is 1. The van der Waals surface area contributed by atoms with Crippen molar-refractivity contribution in [2.45, 2.75) is 27.2 Å². The van der Waals surface area contributed by atoms with Crippen LogP contribution in [0.15, 0.2) is 0 Å². The minimum atomic E-state index is 0.857. The van der Waals surface area contributed by atoms with Gasteiger partial charge in [-0.1, -0.05) is 20.8 Å². The fourth-order valence-electron chi connectivity index (χ4n) is 1.71. The van der Waals surface area contributed by atoms with Gasteiger partial charge in [-0.15, -0.1) is 0 Å². The average Bonchev–Trinajstić information content (AvgIpc) is 1.88. The molecule has 0 aliphatic carbocycles. The summed E-state index contributed by atoms with van der Waals surface area (Å²) in [6.07, 6.45) is 1.42. The van der Waals surface area contributed by atoms with Crippen molar-refractivity contribution in [2.75, 3.05) is 13.1 Å². The largest absolute Gasteiger partial charge is 0.316 e. The highest BCUT2D eigenvalue weighted by Crippen LogP contribution is 2.22. The molecule has 0 bridgehead atoms. The molecular weight excluding hydrogens is 122 g/mol. The molecule has 0 aromatic rings. The Balaban J connectivity index is 2.32. The normalized spacial score (nSPS) is 34.8. The highest BCUT2D eigenvalue weighted by molar-refractivity contribution is 4.75. The molecule has 1 fully saturated rings. The molecule has 0 spiro atoms. The zero-order valence-electron chi connectivity index (χ0n) is 7.35. The summed E-state index contributed by atoms with van der Waals surface area (Å²) in [5, 5.41) is 3.47. The maximum absolute atomic E-state index is 3.47.